The zero-order chi connectivity index (χ0) is 3.54. The number of rotatable bonds is 0. The van der Waals surface area contributed by atoms with Gasteiger partial charge in [-0.15, -0.1) is 0 Å². The van der Waals surface area contributed by atoms with Crippen molar-refractivity contribution in [1.29, 1.82) is 0 Å². The maximum Gasteiger partial charge on any atom is 0.101 e. The Morgan fingerprint density at radius 3 is 2.67 bits per heavy atom. The van der Waals surface area contributed by atoms with E-state index in [0.29, 0.717) is 0 Å². The zero-order valence-electron chi connectivity index (χ0n) is 3.22. The van der Waals surface area contributed by atoms with E-state index in [0.717, 1.165) is 0 Å². The molecular formula is C3H2NOZn-. The van der Waals surface area contributed by atoms with Crippen LogP contribution in [0.5, 0.6) is 0 Å². The Bertz CT molecular complexity index is 67.3. The second-order valence-corrected chi connectivity index (χ2v) is 0.623. The molecule has 0 aliphatic carbocycles. The standard InChI is InChI=1S/C3H2NO.Zn/c1-2-5-3-4-1;/h1-2H;/q-1;. The molecule has 0 unspecified atom stereocenters. The molecule has 0 bridgehead atoms. The van der Waals surface area contributed by atoms with Crippen molar-refractivity contribution >= 4 is 0 Å². The van der Waals surface area contributed by atoms with E-state index in [1.807, 2.05) is 0 Å². The van der Waals surface area contributed by atoms with Crippen molar-refractivity contribution in [3.8, 4) is 0 Å². The van der Waals surface area contributed by atoms with Crippen LogP contribution < -0.4 is 0 Å². The summed E-state index contributed by atoms with van der Waals surface area (Å²) in [5, 5.41) is 0. The van der Waals surface area contributed by atoms with Crippen LogP contribution in [0.2, 0.25) is 0 Å². The van der Waals surface area contributed by atoms with Crippen molar-refractivity contribution < 1.29 is 23.9 Å². The van der Waals surface area contributed by atoms with Crippen molar-refractivity contribution in [2.45, 2.75) is 0 Å². The molecule has 0 amide bonds. The van der Waals surface area contributed by atoms with Crippen molar-refractivity contribution in [2.75, 3.05) is 0 Å². The second kappa shape index (κ2) is 3.04. The van der Waals surface area contributed by atoms with Crippen LogP contribution in [0.1, 0.15) is 0 Å². The van der Waals surface area contributed by atoms with Gasteiger partial charge in [-0.2, -0.15) is 0 Å². The van der Waals surface area contributed by atoms with Gasteiger partial charge >= 0.3 is 0 Å². The fourth-order valence-corrected chi connectivity index (χ4v) is 0.152. The quantitative estimate of drug-likeness (QED) is 0.380. The van der Waals surface area contributed by atoms with Crippen LogP contribution in [-0.2, 0) is 19.5 Å². The van der Waals surface area contributed by atoms with E-state index in [4.69, 9.17) is 0 Å². The largest absolute Gasteiger partial charge is 0.581 e. The van der Waals surface area contributed by atoms with E-state index in [2.05, 4.69) is 15.8 Å². The van der Waals surface area contributed by atoms with Crippen LogP contribution in [0.3, 0.4) is 0 Å². The second-order valence-electron chi connectivity index (χ2n) is 0.623. The molecular weight excluding hydrogens is 131 g/mol. The van der Waals surface area contributed by atoms with Crippen molar-refractivity contribution in [3.05, 3.63) is 18.9 Å². The Balaban J connectivity index is 0.000000250. The van der Waals surface area contributed by atoms with Gasteiger partial charge < -0.3 is 9.40 Å². The maximum absolute atomic E-state index is 4.35. The van der Waals surface area contributed by atoms with Gasteiger partial charge in [0.25, 0.3) is 0 Å². The van der Waals surface area contributed by atoms with Crippen LogP contribution in [0.15, 0.2) is 16.9 Å². The fourth-order valence-electron chi connectivity index (χ4n) is 0.152. The summed E-state index contributed by atoms with van der Waals surface area (Å²) in [5.41, 5.74) is 0. The van der Waals surface area contributed by atoms with Gasteiger partial charge in [0.15, 0.2) is 0 Å². The summed E-state index contributed by atoms with van der Waals surface area (Å²) >= 11 is 0. The maximum atomic E-state index is 4.35. The molecule has 0 saturated carbocycles. The van der Waals surface area contributed by atoms with Crippen LogP contribution in [0, 0.1) is 6.39 Å². The Kier molecular flexibility index (Phi) is 2.96. The summed E-state index contributed by atoms with van der Waals surface area (Å²) < 4.78 is 4.35. The molecule has 0 atom stereocenters. The van der Waals surface area contributed by atoms with E-state index in [9.17, 15) is 0 Å². The topological polar surface area (TPSA) is 26.0 Å². The normalized spacial score (nSPS) is 6.67. The van der Waals surface area contributed by atoms with Gasteiger partial charge in [0.1, 0.15) is 6.39 Å². The van der Waals surface area contributed by atoms with Gasteiger partial charge in [-0.25, -0.2) is 0 Å². The molecule has 0 spiro atoms. The molecule has 1 rings (SSSR count). The molecule has 1 aromatic heterocycles. The third kappa shape index (κ3) is 1.32. The Morgan fingerprint density at radius 1 is 1.67 bits per heavy atom. The molecule has 1 heterocycles. The van der Waals surface area contributed by atoms with Crippen LogP contribution >= 0.6 is 0 Å². The number of hydrogen-bond donors (Lipinski definition) is 0. The first-order valence-corrected chi connectivity index (χ1v) is 1.25. The minimum atomic E-state index is 0. The first-order chi connectivity index (χ1) is 2.50. The predicted octanol–water partition coefficient (Wildman–Crippen LogP) is 0.472. The molecule has 0 aromatic carbocycles. The fraction of sp³-hybridized carbons (Fsp3) is 0. The summed E-state index contributed by atoms with van der Waals surface area (Å²) in [6.07, 6.45) is 5.22. The van der Waals surface area contributed by atoms with E-state index < -0.39 is 0 Å². The number of oxazole rings is 1. The van der Waals surface area contributed by atoms with E-state index in [-0.39, 0.29) is 19.5 Å². The molecule has 1 aromatic rings. The molecule has 0 saturated heterocycles. The SMILES string of the molecule is [Zn].[c-]1ncco1. The summed E-state index contributed by atoms with van der Waals surface area (Å²) in [4.78, 5) is 3.43. The van der Waals surface area contributed by atoms with Crippen LogP contribution in [-0.4, -0.2) is 4.98 Å². The van der Waals surface area contributed by atoms with Crippen molar-refractivity contribution in [3.63, 3.8) is 0 Å². The third-order valence-electron chi connectivity index (χ3n) is 0.309. The summed E-state index contributed by atoms with van der Waals surface area (Å²) in [7, 11) is 0. The molecule has 0 radical (unpaired) electrons. The minimum absolute atomic E-state index is 0. The first-order valence-electron chi connectivity index (χ1n) is 1.25. The Morgan fingerprint density at radius 2 is 2.50 bits per heavy atom. The van der Waals surface area contributed by atoms with E-state index >= 15 is 0 Å². The van der Waals surface area contributed by atoms with E-state index in [1.165, 1.54) is 12.5 Å². The summed E-state index contributed by atoms with van der Waals surface area (Å²) in [5.74, 6) is 0. The number of hydrogen-bond acceptors (Lipinski definition) is 2. The monoisotopic (exact) mass is 132 g/mol. The van der Waals surface area contributed by atoms with Gasteiger partial charge in [0.05, 0.1) is 0 Å². The average molecular weight is 133 g/mol. The van der Waals surface area contributed by atoms with E-state index in [1.54, 1.807) is 0 Å². The predicted molar refractivity (Wildman–Crippen MR) is 15.3 cm³/mol. The average Bonchev–Trinajstić information content (AvgIpc) is 1.76. The van der Waals surface area contributed by atoms with Gasteiger partial charge in [-0.05, 0) is 6.26 Å². The van der Waals surface area contributed by atoms with Gasteiger partial charge in [0.2, 0.25) is 0 Å². The zero-order valence-corrected chi connectivity index (χ0v) is 6.18. The van der Waals surface area contributed by atoms with Gasteiger partial charge in [-0.3, -0.25) is 0 Å². The molecule has 6 heavy (non-hydrogen) atoms. The molecule has 0 aliphatic rings. The van der Waals surface area contributed by atoms with Gasteiger partial charge in [-0.1, -0.05) is 6.20 Å². The molecule has 0 N–H and O–H groups in total. The molecule has 28 valence electrons. The van der Waals surface area contributed by atoms with Crippen LogP contribution in [0.4, 0.5) is 0 Å². The number of nitrogens with zero attached hydrogens (tertiary/aromatic N) is 1. The number of aromatic nitrogens is 1. The molecule has 2 nitrogen and oxygen atoms in total. The van der Waals surface area contributed by atoms with Crippen molar-refractivity contribution in [1.82, 2.24) is 4.98 Å². The first kappa shape index (κ1) is 5.83. The minimum Gasteiger partial charge on any atom is -0.581 e. The summed E-state index contributed by atoms with van der Waals surface area (Å²) in [6.45, 7) is 0. The Hall–Kier alpha value is -0.167. The van der Waals surface area contributed by atoms with Gasteiger partial charge in [0, 0.05) is 19.5 Å². The smallest absolute Gasteiger partial charge is 0.101 e. The molecule has 3 heteroatoms. The van der Waals surface area contributed by atoms with Crippen LogP contribution in [0.25, 0.3) is 0 Å². The Labute approximate surface area is 48.3 Å². The van der Waals surface area contributed by atoms with Crippen molar-refractivity contribution in [2.24, 2.45) is 0 Å². The molecule has 0 aliphatic heterocycles. The third-order valence-corrected chi connectivity index (χ3v) is 0.309. The molecule has 0 fully saturated rings. The summed E-state index contributed by atoms with van der Waals surface area (Å²) in [6, 6.07) is 0.